The summed E-state index contributed by atoms with van der Waals surface area (Å²) in [4.78, 5) is 11.6. The molecule has 128 valence electrons. The summed E-state index contributed by atoms with van der Waals surface area (Å²) in [5.41, 5.74) is 1.92. The lowest BCUT2D eigenvalue weighted by Crippen LogP contribution is -2.34. The molecule has 0 bridgehead atoms. The lowest BCUT2D eigenvalue weighted by molar-refractivity contribution is 0.277. The molecule has 6 heteroatoms. The first-order chi connectivity index (χ1) is 11.7. The van der Waals surface area contributed by atoms with Gasteiger partial charge in [-0.2, -0.15) is 0 Å². The highest BCUT2D eigenvalue weighted by Crippen LogP contribution is 2.34. The number of nitrogens with zero attached hydrogens (tertiary/aromatic N) is 3. The van der Waals surface area contributed by atoms with Gasteiger partial charge in [0.15, 0.2) is 5.16 Å². The topological polar surface area (TPSA) is 41.0 Å². The van der Waals surface area contributed by atoms with Crippen LogP contribution in [0.5, 0.6) is 0 Å². The number of hydrogen-bond donors (Lipinski definition) is 1. The van der Waals surface area contributed by atoms with E-state index in [1.165, 1.54) is 31.1 Å². The van der Waals surface area contributed by atoms with Gasteiger partial charge in [0, 0.05) is 12.6 Å². The predicted molar refractivity (Wildman–Crippen MR) is 103 cm³/mol. The molecule has 2 aromatic rings. The Hall–Kier alpha value is -1.30. The van der Waals surface area contributed by atoms with Crippen LogP contribution in [0.4, 0.5) is 5.82 Å². The molecule has 0 saturated carbocycles. The highest BCUT2D eigenvalue weighted by atomic mass is 35.5. The first-order valence-electron chi connectivity index (χ1n) is 8.37. The van der Waals surface area contributed by atoms with Gasteiger partial charge in [-0.15, -0.1) is 0 Å². The molecule has 24 heavy (non-hydrogen) atoms. The summed E-state index contributed by atoms with van der Waals surface area (Å²) >= 11 is 7.99. The summed E-state index contributed by atoms with van der Waals surface area (Å²) in [6, 6.07) is 10.7. The molecule has 3 rings (SSSR count). The second-order valence-corrected chi connectivity index (χ2v) is 7.03. The third kappa shape index (κ3) is 3.85. The van der Waals surface area contributed by atoms with Crippen LogP contribution in [-0.2, 0) is 0 Å². The van der Waals surface area contributed by atoms with Crippen molar-refractivity contribution >= 4 is 29.2 Å². The molecule has 0 amide bonds. The first kappa shape index (κ1) is 17.5. The predicted octanol–water partition coefficient (Wildman–Crippen LogP) is 4.42. The fourth-order valence-corrected chi connectivity index (χ4v) is 3.95. The zero-order chi connectivity index (χ0) is 16.9. The van der Waals surface area contributed by atoms with Crippen LogP contribution < -0.4 is 5.32 Å². The summed E-state index contributed by atoms with van der Waals surface area (Å²) in [5, 5.41) is 4.74. The highest BCUT2D eigenvalue weighted by molar-refractivity contribution is 7.98. The molecule has 2 heterocycles. The van der Waals surface area contributed by atoms with E-state index in [2.05, 4.69) is 27.1 Å². The molecular weight excluding hydrogens is 340 g/mol. The summed E-state index contributed by atoms with van der Waals surface area (Å²) in [6.45, 7) is 5.39. The van der Waals surface area contributed by atoms with E-state index in [0.29, 0.717) is 16.4 Å². The molecule has 1 unspecified atom stereocenters. The average molecular weight is 363 g/mol. The van der Waals surface area contributed by atoms with E-state index >= 15 is 0 Å². The van der Waals surface area contributed by atoms with Gasteiger partial charge < -0.3 is 5.32 Å². The SMILES string of the molecule is CCN1CCCC1CNc1nc(SC)nc(Cl)c1-c1ccccc1. The lowest BCUT2D eigenvalue weighted by atomic mass is 10.1. The quantitative estimate of drug-likeness (QED) is 0.468. The summed E-state index contributed by atoms with van der Waals surface area (Å²) in [6.07, 6.45) is 4.47. The van der Waals surface area contributed by atoms with Gasteiger partial charge in [0.25, 0.3) is 0 Å². The van der Waals surface area contributed by atoms with E-state index in [1.807, 2.05) is 36.6 Å². The van der Waals surface area contributed by atoms with Gasteiger partial charge >= 0.3 is 0 Å². The van der Waals surface area contributed by atoms with Gasteiger partial charge in [0.05, 0.1) is 5.56 Å². The number of hydrogen-bond acceptors (Lipinski definition) is 5. The molecule has 4 nitrogen and oxygen atoms in total. The second-order valence-electron chi connectivity index (χ2n) is 5.90. The van der Waals surface area contributed by atoms with Gasteiger partial charge in [-0.1, -0.05) is 60.6 Å². The van der Waals surface area contributed by atoms with Crippen molar-refractivity contribution in [2.24, 2.45) is 0 Å². The van der Waals surface area contributed by atoms with Gasteiger partial charge in [0.1, 0.15) is 11.0 Å². The van der Waals surface area contributed by atoms with Crippen molar-refractivity contribution in [3.8, 4) is 11.1 Å². The fourth-order valence-electron chi connectivity index (χ4n) is 3.25. The maximum absolute atomic E-state index is 6.48. The molecule has 1 fully saturated rings. The number of thioether (sulfide) groups is 1. The monoisotopic (exact) mass is 362 g/mol. The number of anilines is 1. The van der Waals surface area contributed by atoms with Crippen molar-refractivity contribution in [2.75, 3.05) is 31.2 Å². The smallest absolute Gasteiger partial charge is 0.190 e. The molecule has 1 aromatic heterocycles. The number of benzene rings is 1. The van der Waals surface area contributed by atoms with Crippen molar-refractivity contribution in [1.82, 2.24) is 14.9 Å². The van der Waals surface area contributed by atoms with Gasteiger partial charge in [-0.25, -0.2) is 9.97 Å². The van der Waals surface area contributed by atoms with Crippen LogP contribution in [0.3, 0.4) is 0 Å². The summed E-state index contributed by atoms with van der Waals surface area (Å²) in [5.74, 6) is 0.827. The van der Waals surface area contributed by atoms with E-state index in [1.54, 1.807) is 0 Å². The minimum atomic E-state index is 0.502. The van der Waals surface area contributed by atoms with Crippen molar-refractivity contribution in [3.05, 3.63) is 35.5 Å². The highest BCUT2D eigenvalue weighted by Gasteiger charge is 2.23. The molecule has 1 aliphatic heterocycles. The van der Waals surface area contributed by atoms with Crippen molar-refractivity contribution in [1.29, 1.82) is 0 Å². The Bertz CT molecular complexity index is 680. The third-order valence-corrected chi connectivity index (χ3v) is 5.32. The largest absolute Gasteiger partial charge is 0.368 e. The molecule has 1 aromatic carbocycles. The third-order valence-electron chi connectivity index (χ3n) is 4.50. The van der Waals surface area contributed by atoms with Gasteiger partial charge in [-0.3, -0.25) is 4.90 Å². The van der Waals surface area contributed by atoms with Crippen LogP contribution in [-0.4, -0.2) is 46.8 Å². The molecular formula is C18H23ClN4S. The molecule has 0 spiro atoms. The molecule has 1 saturated heterocycles. The average Bonchev–Trinajstić information content (AvgIpc) is 3.07. The first-order valence-corrected chi connectivity index (χ1v) is 9.98. The van der Waals surface area contributed by atoms with Gasteiger partial charge in [0.2, 0.25) is 0 Å². The maximum Gasteiger partial charge on any atom is 0.190 e. The number of aromatic nitrogens is 2. The lowest BCUT2D eigenvalue weighted by Gasteiger charge is -2.24. The molecule has 0 aliphatic carbocycles. The Morgan fingerprint density at radius 1 is 1.29 bits per heavy atom. The Balaban J connectivity index is 1.89. The normalized spacial score (nSPS) is 18.0. The van der Waals surface area contributed by atoms with E-state index in [9.17, 15) is 0 Å². The number of nitrogens with one attached hydrogen (secondary N) is 1. The standard InChI is InChI=1S/C18H23ClN4S/c1-3-23-11-7-10-14(23)12-20-17-15(13-8-5-4-6-9-13)16(19)21-18(22-17)24-2/h4-6,8-9,14H,3,7,10-12H2,1-2H3,(H,20,21,22). The molecule has 0 radical (unpaired) electrons. The maximum atomic E-state index is 6.48. The van der Waals surface area contributed by atoms with Crippen molar-refractivity contribution < 1.29 is 0 Å². The van der Waals surface area contributed by atoms with Crippen LogP contribution in [0.15, 0.2) is 35.5 Å². The van der Waals surface area contributed by atoms with E-state index in [4.69, 9.17) is 11.6 Å². The number of likely N-dealkylation sites (N-methyl/N-ethyl adjacent to an activating group) is 1. The Morgan fingerprint density at radius 3 is 2.79 bits per heavy atom. The Kier molecular flexibility index (Phi) is 5.98. The minimum Gasteiger partial charge on any atom is -0.368 e. The van der Waals surface area contributed by atoms with Crippen LogP contribution in [0.2, 0.25) is 5.15 Å². The van der Waals surface area contributed by atoms with E-state index in [0.717, 1.165) is 30.0 Å². The zero-order valence-corrected chi connectivity index (χ0v) is 15.7. The van der Waals surface area contributed by atoms with Crippen molar-refractivity contribution in [3.63, 3.8) is 0 Å². The van der Waals surface area contributed by atoms with Gasteiger partial charge in [-0.05, 0) is 37.8 Å². The molecule has 1 atom stereocenters. The fraction of sp³-hybridized carbons (Fsp3) is 0.444. The number of rotatable bonds is 6. The zero-order valence-electron chi connectivity index (χ0n) is 14.1. The number of halogens is 1. The Labute approximate surface area is 153 Å². The molecule has 1 N–H and O–H groups in total. The molecule has 1 aliphatic rings. The van der Waals surface area contributed by atoms with Crippen LogP contribution in [0.1, 0.15) is 19.8 Å². The van der Waals surface area contributed by atoms with E-state index < -0.39 is 0 Å². The van der Waals surface area contributed by atoms with Crippen molar-refractivity contribution in [2.45, 2.75) is 31.0 Å². The minimum absolute atomic E-state index is 0.502. The van der Waals surface area contributed by atoms with Crippen LogP contribution in [0, 0.1) is 0 Å². The Morgan fingerprint density at radius 2 is 2.08 bits per heavy atom. The van der Waals surface area contributed by atoms with Crippen LogP contribution >= 0.6 is 23.4 Å². The van der Waals surface area contributed by atoms with E-state index in [-0.39, 0.29) is 0 Å². The number of likely N-dealkylation sites (tertiary alicyclic amines) is 1. The summed E-state index contributed by atoms with van der Waals surface area (Å²) < 4.78 is 0. The van der Waals surface area contributed by atoms with Crippen LogP contribution in [0.25, 0.3) is 11.1 Å². The summed E-state index contributed by atoms with van der Waals surface area (Å²) in [7, 11) is 0. The second kappa shape index (κ2) is 8.19.